The van der Waals surface area contributed by atoms with E-state index in [0.717, 1.165) is 6.54 Å². The van der Waals surface area contributed by atoms with Crippen LogP contribution >= 0.6 is 11.3 Å². The van der Waals surface area contributed by atoms with Gasteiger partial charge in [0, 0.05) is 24.0 Å². The lowest BCUT2D eigenvalue weighted by Gasteiger charge is -2.20. The molecule has 1 unspecified atom stereocenters. The minimum Gasteiger partial charge on any atom is -0.307 e. The normalized spacial score (nSPS) is 18.8. The fourth-order valence-corrected chi connectivity index (χ4v) is 3.18. The van der Waals surface area contributed by atoms with Crippen LogP contribution in [0.1, 0.15) is 35.3 Å². The molecule has 4 heteroatoms. The molecule has 1 N–H and O–H groups in total. The van der Waals surface area contributed by atoms with E-state index in [1.165, 1.54) is 48.1 Å². The van der Waals surface area contributed by atoms with Gasteiger partial charge in [-0.25, -0.2) is 4.98 Å². The van der Waals surface area contributed by atoms with Gasteiger partial charge >= 0.3 is 0 Å². The maximum absolute atomic E-state index is 4.56. The Hall–Kier alpha value is -0.450. The molecular formula is C13H23N3S. The van der Waals surface area contributed by atoms with Crippen molar-refractivity contribution in [2.24, 2.45) is 0 Å². The van der Waals surface area contributed by atoms with Crippen LogP contribution in [-0.2, 0) is 6.54 Å². The predicted octanol–water partition coefficient (Wildman–Crippen LogP) is 2.33. The smallest absolute Gasteiger partial charge is 0.107 e. The average Bonchev–Trinajstić information content (AvgIpc) is 2.87. The van der Waals surface area contributed by atoms with Gasteiger partial charge in [-0.2, -0.15) is 0 Å². The van der Waals surface area contributed by atoms with Crippen LogP contribution in [0.25, 0.3) is 0 Å². The molecule has 1 aliphatic rings. The zero-order chi connectivity index (χ0) is 12.3. The molecule has 1 saturated heterocycles. The highest BCUT2D eigenvalue weighted by Crippen LogP contribution is 2.16. The highest BCUT2D eigenvalue weighted by atomic mass is 32.1. The summed E-state index contributed by atoms with van der Waals surface area (Å²) in [5.74, 6) is 0. The first-order valence-electron chi connectivity index (χ1n) is 6.54. The van der Waals surface area contributed by atoms with Crippen LogP contribution in [0.3, 0.4) is 0 Å². The molecule has 3 nitrogen and oxygen atoms in total. The van der Waals surface area contributed by atoms with Crippen molar-refractivity contribution < 1.29 is 0 Å². The van der Waals surface area contributed by atoms with Crippen LogP contribution < -0.4 is 5.32 Å². The van der Waals surface area contributed by atoms with Gasteiger partial charge in [0.1, 0.15) is 5.01 Å². The summed E-state index contributed by atoms with van der Waals surface area (Å²) in [5.41, 5.74) is 1.18. The van der Waals surface area contributed by atoms with Gasteiger partial charge in [-0.05, 0) is 46.7 Å². The maximum atomic E-state index is 4.56. The Morgan fingerprint density at radius 2 is 2.06 bits per heavy atom. The van der Waals surface area contributed by atoms with Crippen LogP contribution in [0.15, 0.2) is 0 Å². The number of hydrogen-bond donors (Lipinski definition) is 1. The molecule has 1 atom stereocenters. The van der Waals surface area contributed by atoms with Crippen molar-refractivity contribution in [1.29, 1.82) is 0 Å². The van der Waals surface area contributed by atoms with Crippen molar-refractivity contribution in [1.82, 2.24) is 15.2 Å². The number of aryl methyl sites for hydroxylation is 2. The van der Waals surface area contributed by atoms with Crippen LogP contribution in [0.4, 0.5) is 0 Å². The Balaban J connectivity index is 1.73. The van der Waals surface area contributed by atoms with Crippen LogP contribution in [0.2, 0.25) is 0 Å². The summed E-state index contributed by atoms with van der Waals surface area (Å²) in [6.07, 6.45) is 2.75. The first kappa shape index (κ1) is 13.0. The molecule has 0 amide bonds. The van der Waals surface area contributed by atoms with E-state index in [0.29, 0.717) is 6.04 Å². The summed E-state index contributed by atoms with van der Waals surface area (Å²) in [6.45, 7) is 11.1. The van der Waals surface area contributed by atoms with E-state index >= 15 is 0 Å². The van der Waals surface area contributed by atoms with E-state index in [2.05, 4.69) is 36.0 Å². The molecule has 96 valence electrons. The topological polar surface area (TPSA) is 28.2 Å². The lowest BCUT2D eigenvalue weighted by Crippen LogP contribution is -2.37. The third-order valence-corrected chi connectivity index (χ3v) is 4.48. The Morgan fingerprint density at radius 1 is 1.35 bits per heavy atom. The fraction of sp³-hybridized carbons (Fsp3) is 0.769. The summed E-state index contributed by atoms with van der Waals surface area (Å²) in [6, 6.07) is 0.553. The number of nitrogens with one attached hydrogen (secondary N) is 1. The van der Waals surface area contributed by atoms with E-state index in [1.807, 2.05) is 11.3 Å². The summed E-state index contributed by atoms with van der Waals surface area (Å²) in [7, 11) is 0. The molecule has 17 heavy (non-hydrogen) atoms. The minimum absolute atomic E-state index is 0.553. The van der Waals surface area contributed by atoms with Gasteiger partial charge in [0.15, 0.2) is 0 Å². The SMILES string of the molecule is Cc1nc(CNC(C)CN2CCCC2)sc1C. The standard InChI is InChI=1S/C13H23N3S/c1-10(9-16-6-4-5-7-16)14-8-13-15-11(2)12(3)17-13/h10,14H,4-9H2,1-3H3. The minimum atomic E-state index is 0.553. The quantitative estimate of drug-likeness (QED) is 0.873. The Labute approximate surface area is 108 Å². The van der Waals surface area contributed by atoms with Crippen molar-refractivity contribution in [3.05, 3.63) is 15.6 Å². The monoisotopic (exact) mass is 253 g/mol. The van der Waals surface area contributed by atoms with Gasteiger partial charge in [0.2, 0.25) is 0 Å². The van der Waals surface area contributed by atoms with Gasteiger partial charge in [-0.3, -0.25) is 0 Å². The molecule has 1 aliphatic heterocycles. The van der Waals surface area contributed by atoms with Gasteiger partial charge in [-0.1, -0.05) is 0 Å². The Kier molecular flexibility index (Phi) is 4.54. The first-order valence-corrected chi connectivity index (χ1v) is 7.35. The molecule has 1 fully saturated rings. The lowest BCUT2D eigenvalue weighted by atomic mass is 10.3. The van der Waals surface area contributed by atoms with Crippen molar-refractivity contribution in [3.63, 3.8) is 0 Å². The van der Waals surface area contributed by atoms with Crippen molar-refractivity contribution in [2.45, 2.75) is 46.2 Å². The van der Waals surface area contributed by atoms with E-state index in [4.69, 9.17) is 0 Å². The molecule has 0 radical (unpaired) electrons. The van der Waals surface area contributed by atoms with Crippen LogP contribution in [0, 0.1) is 13.8 Å². The van der Waals surface area contributed by atoms with Crippen molar-refractivity contribution in [2.75, 3.05) is 19.6 Å². The lowest BCUT2D eigenvalue weighted by molar-refractivity contribution is 0.298. The Morgan fingerprint density at radius 3 is 2.65 bits per heavy atom. The second kappa shape index (κ2) is 5.94. The highest BCUT2D eigenvalue weighted by molar-refractivity contribution is 7.11. The van der Waals surface area contributed by atoms with Crippen molar-refractivity contribution >= 4 is 11.3 Å². The van der Waals surface area contributed by atoms with Crippen molar-refractivity contribution in [3.8, 4) is 0 Å². The highest BCUT2D eigenvalue weighted by Gasteiger charge is 2.14. The van der Waals surface area contributed by atoms with Crippen LogP contribution in [-0.4, -0.2) is 35.6 Å². The number of hydrogen-bond acceptors (Lipinski definition) is 4. The molecule has 2 rings (SSSR count). The molecule has 1 aromatic heterocycles. The van der Waals surface area contributed by atoms with E-state index in [1.54, 1.807) is 0 Å². The molecule has 0 spiro atoms. The number of thiazole rings is 1. The molecular weight excluding hydrogens is 230 g/mol. The summed E-state index contributed by atoms with van der Waals surface area (Å²) in [5, 5.41) is 4.79. The predicted molar refractivity (Wildman–Crippen MR) is 73.6 cm³/mol. The summed E-state index contributed by atoms with van der Waals surface area (Å²) < 4.78 is 0. The third-order valence-electron chi connectivity index (χ3n) is 3.41. The van der Waals surface area contributed by atoms with Gasteiger partial charge in [-0.15, -0.1) is 11.3 Å². The maximum Gasteiger partial charge on any atom is 0.107 e. The van der Waals surface area contributed by atoms with Gasteiger partial charge in [0.25, 0.3) is 0 Å². The fourth-order valence-electron chi connectivity index (χ4n) is 2.29. The first-order chi connectivity index (χ1) is 8.15. The molecule has 0 saturated carbocycles. The van der Waals surface area contributed by atoms with Gasteiger partial charge in [0.05, 0.1) is 5.69 Å². The second-order valence-electron chi connectivity index (χ2n) is 5.04. The number of likely N-dealkylation sites (tertiary alicyclic amines) is 1. The van der Waals surface area contributed by atoms with Crippen LogP contribution in [0.5, 0.6) is 0 Å². The zero-order valence-electron chi connectivity index (χ0n) is 11.1. The molecule has 0 bridgehead atoms. The second-order valence-corrected chi connectivity index (χ2v) is 6.33. The summed E-state index contributed by atoms with van der Waals surface area (Å²) in [4.78, 5) is 8.45. The number of rotatable bonds is 5. The summed E-state index contributed by atoms with van der Waals surface area (Å²) >= 11 is 1.81. The largest absolute Gasteiger partial charge is 0.307 e. The molecule has 0 aromatic carbocycles. The van der Waals surface area contributed by atoms with E-state index in [9.17, 15) is 0 Å². The molecule has 2 heterocycles. The third kappa shape index (κ3) is 3.76. The zero-order valence-corrected chi connectivity index (χ0v) is 11.9. The van der Waals surface area contributed by atoms with E-state index in [-0.39, 0.29) is 0 Å². The molecule has 1 aromatic rings. The number of aromatic nitrogens is 1. The number of nitrogens with zero attached hydrogens (tertiary/aromatic N) is 2. The van der Waals surface area contributed by atoms with E-state index < -0.39 is 0 Å². The average molecular weight is 253 g/mol. The van der Waals surface area contributed by atoms with Gasteiger partial charge < -0.3 is 10.2 Å². The molecule has 0 aliphatic carbocycles. The Bertz CT molecular complexity index is 336.